The minimum atomic E-state index is -2.87. The minimum absolute atomic E-state index is 0.262. The van der Waals surface area contributed by atoms with Crippen LogP contribution in [0.25, 0.3) is 0 Å². The fourth-order valence-corrected chi connectivity index (χ4v) is 1.87. The van der Waals surface area contributed by atoms with Crippen molar-refractivity contribution in [2.24, 2.45) is 0 Å². The summed E-state index contributed by atoms with van der Waals surface area (Å²) in [6.07, 6.45) is -1.12. The smallest absolute Gasteiger partial charge is 0.268 e. The number of halogens is 3. The van der Waals surface area contributed by atoms with E-state index in [-0.39, 0.29) is 6.04 Å². The van der Waals surface area contributed by atoms with Crippen molar-refractivity contribution in [2.75, 3.05) is 6.54 Å². The van der Waals surface area contributed by atoms with Crippen LogP contribution in [0, 0.1) is 0 Å². The number of alkyl halides is 2. The van der Waals surface area contributed by atoms with E-state index in [2.05, 4.69) is 5.32 Å². The summed E-state index contributed by atoms with van der Waals surface area (Å²) >= 11 is 5.82. The number of aromatic nitrogens is 1. The van der Waals surface area contributed by atoms with Crippen LogP contribution < -0.4 is 5.32 Å². The summed E-state index contributed by atoms with van der Waals surface area (Å²) in [6, 6.07) is 1.75. The molecule has 4 nitrogen and oxygen atoms in total. The van der Waals surface area contributed by atoms with Gasteiger partial charge in [0.25, 0.3) is 12.3 Å². The van der Waals surface area contributed by atoms with Crippen molar-refractivity contribution >= 4 is 17.5 Å². The van der Waals surface area contributed by atoms with Gasteiger partial charge < -0.3 is 15.0 Å². The molecule has 100 valence electrons. The summed E-state index contributed by atoms with van der Waals surface area (Å²) in [7, 11) is 0. The number of carbonyl (C=O) groups is 1. The molecule has 1 aromatic heterocycles. The summed E-state index contributed by atoms with van der Waals surface area (Å²) in [6.45, 7) is -0.482. The van der Waals surface area contributed by atoms with Crippen molar-refractivity contribution in [1.82, 2.24) is 9.88 Å². The zero-order valence-electron chi connectivity index (χ0n) is 9.44. The number of nitrogens with zero attached hydrogens (tertiary/aromatic N) is 1. The Labute approximate surface area is 108 Å². The van der Waals surface area contributed by atoms with Crippen LogP contribution in [0.4, 0.5) is 8.78 Å². The Morgan fingerprint density at radius 1 is 1.61 bits per heavy atom. The lowest BCUT2D eigenvalue weighted by atomic mass is 10.3. The van der Waals surface area contributed by atoms with Crippen molar-refractivity contribution in [3.8, 4) is 0 Å². The van der Waals surface area contributed by atoms with E-state index in [4.69, 9.17) is 16.7 Å². The van der Waals surface area contributed by atoms with E-state index in [1.807, 2.05) is 0 Å². The van der Waals surface area contributed by atoms with Crippen LogP contribution in [0.1, 0.15) is 29.4 Å². The van der Waals surface area contributed by atoms with Gasteiger partial charge in [-0.3, -0.25) is 4.79 Å². The Morgan fingerprint density at radius 3 is 2.83 bits per heavy atom. The molecule has 1 unspecified atom stereocenters. The summed E-state index contributed by atoms with van der Waals surface area (Å²) in [5.41, 5.74) is 0.337. The molecule has 1 fully saturated rings. The van der Waals surface area contributed by atoms with Crippen LogP contribution in [-0.4, -0.2) is 34.7 Å². The fourth-order valence-electron chi connectivity index (χ4n) is 1.66. The van der Waals surface area contributed by atoms with Crippen molar-refractivity contribution in [2.45, 2.75) is 31.4 Å². The van der Waals surface area contributed by atoms with Crippen LogP contribution >= 0.6 is 11.6 Å². The van der Waals surface area contributed by atoms with Crippen molar-refractivity contribution in [3.05, 3.63) is 23.0 Å². The maximum Gasteiger partial charge on any atom is 0.268 e. The zero-order valence-corrected chi connectivity index (χ0v) is 10.2. The van der Waals surface area contributed by atoms with Gasteiger partial charge in [0.1, 0.15) is 11.8 Å². The summed E-state index contributed by atoms with van der Waals surface area (Å²) in [4.78, 5) is 11.8. The standard InChI is InChI=1S/C11H13ClF2N2O2/c12-6-3-8(16(5-6)7-1-2-7)11(18)15-4-9(17)10(13)14/h3,5,7,9-10,17H,1-2,4H2,(H,15,18). The Morgan fingerprint density at radius 2 is 2.28 bits per heavy atom. The monoisotopic (exact) mass is 278 g/mol. The minimum Gasteiger partial charge on any atom is -0.385 e. The number of hydrogen-bond donors (Lipinski definition) is 2. The maximum absolute atomic E-state index is 12.1. The number of amides is 1. The molecule has 1 aliphatic carbocycles. The highest BCUT2D eigenvalue weighted by atomic mass is 35.5. The molecule has 1 saturated carbocycles. The lowest BCUT2D eigenvalue weighted by Gasteiger charge is -2.12. The first-order chi connectivity index (χ1) is 8.49. The first-order valence-electron chi connectivity index (χ1n) is 5.61. The largest absolute Gasteiger partial charge is 0.385 e. The van der Waals surface area contributed by atoms with Gasteiger partial charge in [0, 0.05) is 18.8 Å². The van der Waals surface area contributed by atoms with E-state index in [1.54, 1.807) is 10.8 Å². The molecule has 1 aliphatic rings. The van der Waals surface area contributed by atoms with Gasteiger partial charge in [-0.1, -0.05) is 11.6 Å². The first-order valence-corrected chi connectivity index (χ1v) is 5.98. The predicted octanol–water partition coefficient (Wildman–Crippen LogP) is 1.83. The summed E-state index contributed by atoms with van der Waals surface area (Å²) in [5.74, 6) is -0.506. The molecule has 1 heterocycles. The third kappa shape index (κ3) is 3.00. The van der Waals surface area contributed by atoms with E-state index in [0.717, 1.165) is 12.8 Å². The third-order valence-corrected chi connectivity index (χ3v) is 2.96. The van der Waals surface area contributed by atoms with Gasteiger partial charge in [0.05, 0.1) is 5.02 Å². The van der Waals surface area contributed by atoms with Gasteiger partial charge in [0.15, 0.2) is 0 Å². The number of nitrogens with one attached hydrogen (secondary N) is 1. The molecular weight excluding hydrogens is 266 g/mol. The second-order valence-electron chi connectivity index (χ2n) is 4.29. The normalized spacial score (nSPS) is 16.9. The lowest BCUT2D eigenvalue weighted by molar-refractivity contribution is -0.00274. The number of carbonyl (C=O) groups excluding carboxylic acids is 1. The topological polar surface area (TPSA) is 54.3 Å². The van der Waals surface area contributed by atoms with Crippen LogP contribution in [0.3, 0.4) is 0 Å². The van der Waals surface area contributed by atoms with E-state index in [1.165, 1.54) is 6.07 Å². The van der Waals surface area contributed by atoms with Crippen molar-refractivity contribution in [1.29, 1.82) is 0 Å². The SMILES string of the molecule is O=C(NCC(O)C(F)F)c1cc(Cl)cn1C1CC1. The predicted molar refractivity (Wildman–Crippen MR) is 62.1 cm³/mol. The molecule has 0 aliphatic heterocycles. The van der Waals surface area contributed by atoms with E-state index >= 15 is 0 Å². The number of aliphatic hydroxyl groups is 1. The molecule has 0 saturated heterocycles. The van der Waals surface area contributed by atoms with Gasteiger partial charge in [-0.2, -0.15) is 0 Å². The molecule has 2 N–H and O–H groups in total. The molecule has 1 aromatic rings. The Balaban J connectivity index is 2.00. The molecule has 18 heavy (non-hydrogen) atoms. The van der Waals surface area contributed by atoms with Gasteiger partial charge in [-0.15, -0.1) is 0 Å². The lowest BCUT2D eigenvalue weighted by Crippen LogP contribution is -2.36. The Bertz CT molecular complexity index is 446. The van der Waals surface area contributed by atoms with Crippen LogP contribution in [0.5, 0.6) is 0 Å². The molecule has 0 aromatic carbocycles. The third-order valence-electron chi connectivity index (χ3n) is 2.75. The highest BCUT2D eigenvalue weighted by molar-refractivity contribution is 6.31. The fraction of sp³-hybridized carbons (Fsp3) is 0.545. The highest BCUT2D eigenvalue weighted by Crippen LogP contribution is 2.37. The maximum atomic E-state index is 12.1. The zero-order chi connectivity index (χ0) is 13.3. The Hall–Kier alpha value is -1.14. The molecule has 1 amide bonds. The second kappa shape index (κ2) is 5.24. The summed E-state index contributed by atoms with van der Waals surface area (Å²) in [5, 5.41) is 11.6. The molecule has 0 radical (unpaired) electrons. The average Bonchev–Trinajstić information content (AvgIpc) is 3.08. The van der Waals surface area contributed by atoms with Crippen molar-refractivity contribution < 1.29 is 18.7 Å². The van der Waals surface area contributed by atoms with Gasteiger partial charge in [-0.25, -0.2) is 8.78 Å². The molecule has 1 atom stereocenters. The number of aliphatic hydroxyl groups excluding tert-OH is 1. The van der Waals surface area contributed by atoms with Gasteiger partial charge in [0.2, 0.25) is 0 Å². The van der Waals surface area contributed by atoms with Crippen molar-refractivity contribution in [3.63, 3.8) is 0 Å². The van der Waals surface area contributed by atoms with Crippen LogP contribution in [0.2, 0.25) is 5.02 Å². The van der Waals surface area contributed by atoms with E-state index < -0.39 is 25.0 Å². The molecular formula is C11H13ClF2N2O2. The van der Waals surface area contributed by atoms with Gasteiger partial charge in [-0.05, 0) is 18.9 Å². The quantitative estimate of drug-likeness (QED) is 0.863. The van der Waals surface area contributed by atoms with E-state index in [0.29, 0.717) is 10.7 Å². The molecule has 7 heteroatoms. The Kier molecular flexibility index (Phi) is 3.87. The number of hydrogen-bond acceptors (Lipinski definition) is 2. The molecule has 0 bridgehead atoms. The van der Waals surface area contributed by atoms with Gasteiger partial charge >= 0.3 is 0 Å². The number of rotatable bonds is 5. The van der Waals surface area contributed by atoms with E-state index in [9.17, 15) is 13.6 Å². The highest BCUT2D eigenvalue weighted by Gasteiger charge is 2.28. The first kappa shape index (κ1) is 13.3. The summed E-state index contributed by atoms with van der Waals surface area (Å²) < 4.78 is 25.9. The average molecular weight is 279 g/mol. The van der Waals surface area contributed by atoms with Crippen LogP contribution in [0.15, 0.2) is 12.3 Å². The molecule has 0 spiro atoms. The molecule has 2 rings (SSSR count). The second-order valence-corrected chi connectivity index (χ2v) is 4.73. The van der Waals surface area contributed by atoms with Crippen LogP contribution in [-0.2, 0) is 0 Å².